The highest BCUT2D eigenvalue weighted by Gasteiger charge is 2.17. The van der Waals surface area contributed by atoms with E-state index >= 15 is 0 Å². The summed E-state index contributed by atoms with van der Waals surface area (Å²) in [5, 5.41) is 3.38. The molecule has 0 spiro atoms. The van der Waals surface area contributed by atoms with Crippen LogP contribution in [0.4, 0.5) is 5.69 Å². The van der Waals surface area contributed by atoms with Crippen LogP contribution in [-0.4, -0.2) is 75.6 Å². The summed E-state index contributed by atoms with van der Waals surface area (Å²) in [6, 6.07) is 8.18. The number of benzene rings is 1. The molecule has 2 aliphatic heterocycles. The van der Waals surface area contributed by atoms with Crippen molar-refractivity contribution in [3.05, 3.63) is 36.7 Å². The molecule has 1 N–H and O–H groups in total. The molecule has 24 heavy (non-hydrogen) atoms. The molecule has 1 aromatic rings. The minimum Gasteiger partial charge on any atom is -0.492 e. The molecule has 130 valence electrons. The molecule has 1 aromatic carbocycles. The lowest BCUT2D eigenvalue weighted by Gasteiger charge is -2.34. The fraction of sp³-hybridized carbons (Fsp3) is 0.500. The molecule has 0 bridgehead atoms. The Morgan fingerprint density at radius 1 is 1.25 bits per heavy atom. The van der Waals surface area contributed by atoms with Crippen LogP contribution in [0.2, 0.25) is 0 Å². The summed E-state index contributed by atoms with van der Waals surface area (Å²) in [6.07, 6.45) is 3.94. The van der Waals surface area contributed by atoms with Gasteiger partial charge >= 0.3 is 0 Å². The molecular weight excluding hydrogens is 302 g/mol. The molecule has 0 atom stereocenters. The topological polar surface area (TPSA) is 43.3 Å². The number of ether oxygens (including phenoxy) is 1. The zero-order valence-corrected chi connectivity index (χ0v) is 14.6. The molecule has 0 amide bonds. The highest BCUT2D eigenvalue weighted by molar-refractivity contribution is 5.85. The first-order chi connectivity index (χ1) is 11.7. The lowest BCUT2D eigenvalue weighted by molar-refractivity contribution is 0.258. The maximum absolute atomic E-state index is 5.91. The van der Waals surface area contributed by atoms with E-state index in [1.54, 1.807) is 0 Å². The number of rotatable bonds is 5. The van der Waals surface area contributed by atoms with Gasteiger partial charge in [0.15, 0.2) is 0 Å². The summed E-state index contributed by atoms with van der Waals surface area (Å²) >= 11 is 0. The average molecular weight is 329 g/mol. The Labute approximate surface area is 144 Å². The van der Waals surface area contributed by atoms with Crippen LogP contribution in [0.15, 0.2) is 41.7 Å². The van der Waals surface area contributed by atoms with Crippen molar-refractivity contribution in [2.75, 3.05) is 64.9 Å². The summed E-state index contributed by atoms with van der Waals surface area (Å²) in [4.78, 5) is 11.3. The highest BCUT2D eigenvalue weighted by Crippen LogP contribution is 2.19. The van der Waals surface area contributed by atoms with E-state index < -0.39 is 0 Å². The number of nitrogens with one attached hydrogen (secondary N) is 1. The van der Waals surface area contributed by atoms with E-state index in [-0.39, 0.29) is 0 Å². The number of amidine groups is 1. The first-order valence-corrected chi connectivity index (χ1v) is 8.55. The maximum atomic E-state index is 5.91. The van der Waals surface area contributed by atoms with Gasteiger partial charge in [-0.1, -0.05) is 6.07 Å². The second-order valence-electron chi connectivity index (χ2n) is 6.29. The Morgan fingerprint density at radius 2 is 2.08 bits per heavy atom. The zero-order valence-electron chi connectivity index (χ0n) is 14.6. The smallest absolute Gasteiger partial charge is 0.124 e. The van der Waals surface area contributed by atoms with Crippen molar-refractivity contribution in [1.29, 1.82) is 0 Å². The van der Waals surface area contributed by atoms with Crippen molar-refractivity contribution in [1.82, 2.24) is 15.1 Å². The van der Waals surface area contributed by atoms with E-state index in [2.05, 4.69) is 37.1 Å². The minimum atomic E-state index is 0.663. The quantitative estimate of drug-likeness (QED) is 0.880. The summed E-state index contributed by atoms with van der Waals surface area (Å²) in [6.45, 7) is 6.52. The average Bonchev–Trinajstić information content (AvgIpc) is 2.63. The molecule has 1 fully saturated rings. The number of aliphatic imine (C=N–C) groups is 1. The molecule has 0 radical (unpaired) electrons. The number of hydrogen-bond donors (Lipinski definition) is 1. The summed E-state index contributed by atoms with van der Waals surface area (Å²) in [5.41, 5.74) is 1.15. The molecule has 0 unspecified atom stereocenters. The van der Waals surface area contributed by atoms with Crippen LogP contribution in [0.5, 0.6) is 5.75 Å². The Morgan fingerprint density at radius 3 is 2.88 bits per heavy atom. The molecule has 6 heteroatoms. The number of hydrogen-bond acceptors (Lipinski definition) is 6. The van der Waals surface area contributed by atoms with Crippen molar-refractivity contribution >= 4 is 11.5 Å². The third-order valence-electron chi connectivity index (χ3n) is 4.31. The van der Waals surface area contributed by atoms with Gasteiger partial charge in [0.05, 0.1) is 13.1 Å². The number of anilines is 1. The zero-order chi connectivity index (χ0) is 16.8. The number of nitrogens with zero attached hydrogens (tertiary/aromatic N) is 4. The van der Waals surface area contributed by atoms with Crippen LogP contribution in [0, 0.1) is 0 Å². The van der Waals surface area contributed by atoms with Crippen molar-refractivity contribution in [3.63, 3.8) is 0 Å². The fourth-order valence-corrected chi connectivity index (χ4v) is 2.88. The van der Waals surface area contributed by atoms with Crippen molar-refractivity contribution in [2.45, 2.75) is 0 Å². The third-order valence-corrected chi connectivity index (χ3v) is 4.31. The second kappa shape index (κ2) is 8.06. The van der Waals surface area contributed by atoms with E-state index in [1.165, 1.54) is 0 Å². The van der Waals surface area contributed by atoms with Crippen LogP contribution in [0.3, 0.4) is 0 Å². The first-order valence-electron chi connectivity index (χ1n) is 8.55. The fourth-order valence-electron chi connectivity index (χ4n) is 2.88. The third kappa shape index (κ3) is 4.41. The lowest BCUT2D eigenvalue weighted by Crippen LogP contribution is -2.50. The van der Waals surface area contributed by atoms with Crippen LogP contribution in [-0.2, 0) is 0 Å². The van der Waals surface area contributed by atoms with E-state index in [1.807, 2.05) is 38.6 Å². The highest BCUT2D eigenvalue weighted by atomic mass is 16.5. The molecule has 2 aliphatic rings. The lowest BCUT2D eigenvalue weighted by atomic mass is 10.3. The van der Waals surface area contributed by atoms with Crippen LogP contribution < -0.4 is 15.0 Å². The van der Waals surface area contributed by atoms with Gasteiger partial charge in [-0.15, -0.1) is 0 Å². The largest absolute Gasteiger partial charge is 0.492 e. The monoisotopic (exact) mass is 329 g/mol. The number of piperazine rings is 1. The van der Waals surface area contributed by atoms with E-state index in [9.17, 15) is 0 Å². The molecule has 3 rings (SSSR count). The van der Waals surface area contributed by atoms with Crippen molar-refractivity contribution in [3.8, 4) is 5.75 Å². The van der Waals surface area contributed by atoms with Crippen LogP contribution in [0.25, 0.3) is 0 Å². The Hall–Kier alpha value is -2.21. The van der Waals surface area contributed by atoms with Crippen LogP contribution in [0.1, 0.15) is 0 Å². The summed E-state index contributed by atoms with van der Waals surface area (Å²) < 4.78 is 5.91. The van der Waals surface area contributed by atoms with Gasteiger partial charge in [-0.25, -0.2) is 4.99 Å². The first kappa shape index (κ1) is 16.6. The van der Waals surface area contributed by atoms with Gasteiger partial charge in [0.25, 0.3) is 0 Å². The summed E-state index contributed by atoms with van der Waals surface area (Å²) in [7, 11) is 4.07. The Kier molecular flexibility index (Phi) is 5.59. The Bertz CT molecular complexity index is 593. The molecular formula is C18H27N5O. The SMILES string of the molecule is CN(C)c1cccc(OCCN2C=CN=C(N3CCNCC3)C2)c1. The molecule has 0 aliphatic carbocycles. The van der Waals surface area contributed by atoms with Gasteiger partial charge in [0.1, 0.15) is 18.2 Å². The van der Waals surface area contributed by atoms with Gasteiger partial charge in [0, 0.05) is 64.4 Å². The predicted octanol–water partition coefficient (Wildman–Crippen LogP) is 1.22. The maximum Gasteiger partial charge on any atom is 0.124 e. The van der Waals surface area contributed by atoms with Crippen molar-refractivity contribution in [2.24, 2.45) is 4.99 Å². The Balaban J connectivity index is 1.46. The van der Waals surface area contributed by atoms with E-state index in [4.69, 9.17) is 4.74 Å². The normalized spacial score (nSPS) is 17.7. The molecule has 0 aromatic heterocycles. The second-order valence-corrected chi connectivity index (χ2v) is 6.29. The van der Waals surface area contributed by atoms with Gasteiger partial charge in [0.2, 0.25) is 0 Å². The standard InChI is InChI=1S/C18H27N5O/c1-21(2)16-4-3-5-17(14-16)24-13-12-22-9-8-20-18(15-22)23-10-6-19-7-11-23/h3-5,8-9,14,19H,6-7,10-13,15H2,1-2H3. The predicted molar refractivity (Wildman–Crippen MR) is 98.9 cm³/mol. The van der Waals surface area contributed by atoms with Gasteiger partial charge < -0.3 is 24.8 Å². The molecule has 6 nitrogen and oxygen atoms in total. The van der Waals surface area contributed by atoms with Gasteiger partial charge in [-0.2, -0.15) is 0 Å². The van der Waals surface area contributed by atoms with Crippen molar-refractivity contribution < 1.29 is 4.74 Å². The van der Waals surface area contributed by atoms with E-state index in [0.29, 0.717) is 6.61 Å². The molecule has 2 heterocycles. The molecule has 0 saturated carbocycles. The minimum absolute atomic E-state index is 0.663. The van der Waals surface area contributed by atoms with Crippen LogP contribution >= 0.6 is 0 Å². The molecule has 1 saturated heterocycles. The summed E-state index contributed by atoms with van der Waals surface area (Å²) in [5.74, 6) is 2.08. The van der Waals surface area contributed by atoms with E-state index in [0.717, 1.165) is 56.5 Å². The van der Waals surface area contributed by atoms with Gasteiger partial charge in [-0.05, 0) is 12.1 Å². The van der Waals surface area contributed by atoms with Gasteiger partial charge in [-0.3, -0.25) is 0 Å².